The van der Waals surface area contributed by atoms with Crippen LogP contribution in [0.3, 0.4) is 0 Å². The van der Waals surface area contributed by atoms with Crippen LogP contribution in [0.25, 0.3) is 22.1 Å². The first-order valence-corrected chi connectivity index (χ1v) is 9.82. The summed E-state index contributed by atoms with van der Waals surface area (Å²) in [5.74, 6) is -0.318. The largest absolute Gasteiger partial charge is 0.420 e. The molecule has 2 aromatic heterocycles. The van der Waals surface area contributed by atoms with Crippen molar-refractivity contribution in [1.82, 2.24) is 24.5 Å². The minimum absolute atomic E-state index is 0.0171. The zero-order valence-electron chi connectivity index (χ0n) is 16.1. The molecule has 148 valence electrons. The van der Waals surface area contributed by atoms with Crippen LogP contribution in [-0.4, -0.2) is 43.5 Å². The van der Waals surface area contributed by atoms with Gasteiger partial charge in [0.25, 0.3) is 0 Å². The lowest BCUT2D eigenvalue weighted by molar-refractivity contribution is -0.135. The minimum atomic E-state index is -0.434. The van der Waals surface area contributed by atoms with Crippen LogP contribution in [0, 0.1) is 0 Å². The van der Waals surface area contributed by atoms with Crippen molar-refractivity contribution in [3.05, 3.63) is 59.1 Å². The number of fused-ring (bicyclic) bond motifs is 2. The average Bonchev–Trinajstić information content (AvgIpc) is 3.33. The van der Waals surface area contributed by atoms with Crippen molar-refractivity contribution in [2.45, 2.75) is 31.8 Å². The molecule has 0 aliphatic carbocycles. The molecular weight excluding hydrogens is 370 g/mol. The summed E-state index contributed by atoms with van der Waals surface area (Å²) in [5.41, 5.74) is 3.03. The normalized spacial score (nSPS) is 16.5. The smallest absolute Gasteiger partial charge is 0.408 e. The van der Waals surface area contributed by atoms with Gasteiger partial charge in [-0.15, -0.1) is 5.10 Å². The van der Waals surface area contributed by atoms with Crippen LogP contribution in [0.1, 0.15) is 31.8 Å². The number of oxazole rings is 1. The molecule has 29 heavy (non-hydrogen) atoms. The van der Waals surface area contributed by atoms with Crippen LogP contribution in [-0.2, 0) is 4.79 Å². The molecule has 4 aromatic rings. The summed E-state index contributed by atoms with van der Waals surface area (Å²) in [6, 6.07) is 14.7. The summed E-state index contributed by atoms with van der Waals surface area (Å²) in [7, 11) is 0. The molecule has 2 aromatic carbocycles. The highest BCUT2D eigenvalue weighted by molar-refractivity contribution is 5.83. The first-order chi connectivity index (χ1) is 14.1. The molecule has 0 unspecified atom stereocenters. The first kappa shape index (κ1) is 17.7. The van der Waals surface area contributed by atoms with E-state index in [0.29, 0.717) is 31.5 Å². The molecule has 0 spiro atoms. The summed E-state index contributed by atoms with van der Waals surface area (Å²) in [4.78, 5) is 27.3. The van der Waals surface area contributed by atoms with Gasteiger partial charge in [-0.3, -0.25) is 9.36 Å². The number of carbonyl (C=O) groups excluding carboxylic acids is 1. The highest BCUT2D eigenvalue weighted by atomic mass is 16.4. The Labute approximate surface area is 166 Å². The van der Waals surface area contributed by atoms with Gasteiger partial charge in [0.1, 0.15) is 11.6 Å². The van der Waals surface area contributed by atoms with Gasteiger partial charge in [-0.25, -0.2) is 9.48 Å². The van der Waals surface area contributed by atoms with E-state index in [2.05, 4.69) is 10.3 Å². The van der Waals surface area contributed by atoms with Crippen molar-refractivity contribution in [3.8, 4) is 0 Å². The molecular formula is C21H21N5O3. The number of rotatable bonds is 3. The van der Waals surface area contributed by atoms with Crippen molar-refractivity contribution in [2.24, 2.45) is 0 Å². The number of para-hydroxylation sites is 3. The maximum absolute atomic E-state index is 13.1. The average molecular weight is 391 g/mol. The van der Waals surface area contributed by atoms with Crippen molar-refractivity contribution in [3.63, 3.8) is 0 Å². The van der Waals surface area contributed by atoms with E-state index in [1.54, 1.807) is 15.3 Å². The van der Waals surface area contributed by atoms with E-state index in [4.69, 9.17) is 4.42 Å². The second kappa shape index (κ2) is 6.88. The lowest BCUT2D eigenvalue weighted by Gasteiger charge is -2.33. The number of likely N-dealkylation sites (tertiary alicyclic amines) is 1. The molecule has 8 heteroatoms. The molecule has 0 radical (unpaired) electrons. The summed E-state index contributed by atoms with van der Waals surface area (Å²) < 4.78 is 8.77. The lowest BCUT2D eigenvalue weighted by atomic mass is 10.0. The third kappa shape index (κ3) is 2.91. The van der Waals surface area contributed by atoms with E-state index in [1.165, 1.54) is 0 Å². The second-order valence-corrected chi connectivity index (χ2v) is 7.46. The molecule has 8 nitrogen and oxygen atoms in total. The van der Waals surface area contributed by atoms with Crippen molar-refractivity contribution in [2.75, 3.05) is 13.1 Å². The number of hydrogen-bond acceptors (Lipinski definition) is 5. The van der Waals surface area contributed by atoms with Gasteiger partial charge in [0, 0.05) is 19.1 Å². The quantitative estimate of drug-likeness (QED) is 0.536. The van der Waals surface area contributed by atoms with Gasteiger partial charge < -0.3 is 9.32 Å². The molecule has 1 aliphatic heterocycles. The van der Waals surface area contributed by atoms with Crippen LogP contribution in [0.2, 0.25) is 0 Å². The molecule has 0 bridgehead atoms. The zero-order chi connectivity index (χ0) is 20.0. The fourth-order valence-electron chi connectivity index (χ4n) is 4.22. The Hall–Kier alpha value is -3.42. The van der Waals surface area contributed by atoms with Crippen LogP contribution in [0.5, 0.6) is 0 Å². The van der Waals surface area contributed by atoms with Gasteiger partial charge in [0.2, 0.25) is 5.91 Å². The number of hydrogen-bond donors (Lipinski definition) is 0. The number of amides is 1. The highest BCUT2D eigenvalue weighted by Crippen LogP contribution is 2.27. The third-order valence-electron chi connectivity index (χ3n) is 5.76. The van der Waals surface area contributed by atoms with Gasteiger partial charge in [-0.2, -0.15) is 0 Å². The number of piperidine rings is 1. The molecule has 1 fully saturated rings. The van der Waals surface area contributed by atoms with Crippen molar-refractivity contribution < 1.29 is 9.21 Å². The van der Waals surface area contributed by atoms with E-state index >= 15 is 0 Å². The topological polar surface area (TPSA) is 86.2 Å². The minimum Gasteiger partial charge on any atom is -0.408 e. The van der Waals surface area contributed by atoms with E-state index in [1.807, 2.05) is 54.3 Å². The van der Waals surface area contributed by atoms with Crippen LogP contribution < -0.4 is 5.76 Å². The number of nitrogens with zero attached hydrogens (tertiary/aromatic N) is 5. The molecule has 1 saturated heterocycles. The second-order valence-electron chi connectivity index (χ2n) is 7.46. The zero-order valence-corrected chi connectivity index (χ0v) is 16.1. The Morgan fingerprint density at radius 2 is 1.76 bits per heavy atom. The maximum Gasteiger partial charge on any atom is 0.420 e. The van der Waals surface area contributed by atoms with Crippen molar-refractivity contribution in [1.29, 1.82) is 0 Å². The summed E-state index contributed by atoms with van der Waals surface area (Å²) in [6.07, 6.45) is 1.42. The van der Waals surface area contributed by atoms with E-state index in [9.17, 15) is 9.59 Å². The number of carbonyl (C=O) groups is 1. The van der Waals surface area contributed by atoms with Gasteiger partial charge in [0.15, 0.2) is 5.58 Å². The molecule has 0 saturated carbocycles. The molecule has 3 heterocycles. The lowest BCUT2D eigenvalue weighted by Crippen LogP contribution is -2.43. The fraction of sp³-hybridized carbons (Fsp3) is 0.333. The van der Waals surface area contributed by atoms with Crippen LogP contribution >= 0.6 is 0 Å². The number of aromatic nitrogens is 4. The van der Waals surface area contributed by atoms with Gasteiger partial charge in [-0.05, 0) is 44.0 Å². The number of benzene rings is 2. The van der Waals surface area contributed by atoms with Gasteiger partial charge in [0.05, 0.1) is 11.0 Å². The SMILES string of the molecule is C[C@@H](C(=O)N1CCC(n2c(=O)oc3ccccc32)CC1)n1nnc2ccccc21. The molecule has 5 rings (SSSR count). The molecule has 1 atom stereocenters. The monoisotopic (exact) mass is 391 g/mol. The maximum atomic E-state index is 13.1. The van der Waals surface area contributed by atoms with Crippen LogP contribution in [0.15, 0.2) is 57.7 Å². The standard InChI is InChI=1S/C21H21N5O3/c1-14(26-17-7-3-2-6-16(17)22-23-26)20(27)24-12-10-15(11-13-24)25-18-8-4-5-9-19(18)29-21(25)28/h2-9,14-15H,10-13H2,1H3/t14-/m0/s1. The van der Waals surface area contributed by atoms with Crippen molar-refractivity contribution >= 4 is 28.0 Å². The Morgan fingerprint density at radius 1 is 1.07 bits per heavy atom. The Morgan fingerprint density at radius 3 is 2.55 bits per heavy atom. The molecule has 0 N–H and O–H groups in total. The summed E-state index contributed by atoms with van der Waals surface area (Å²) in [6.45, 7) is 3.03. The Balaban J connectivity index is 1.33. The molecule has 1 amide bonds. The Kier molecular flexibility index (Phi) is 4.19. The Bertz CT molecular complexity index is 1250. The predicted octanol–water partition coefficient (Wildman–Crippen LogP) is 2.76. The summed E-state index contributed by atoms with van der Waals surface area (Å²) in [5, 5.41) is 8.32. The van der Waals surface area contributed by atoms with Gasteiger partial charge in [-0.1, -0.05) is 29.5 Å². The highest BCUT2D eigenvalue weighted by Gasteiger charge is 2.30. The van der Waals surface area contributed by atoms with E-state index in [-0.39, 0.29) is 17.7 Å². The van der Waals surface area contributed by atoms with E-state index in [0.717, 1.165) is 16.6 Å². The van der Waals surface area contributed by atoms with Gasteiger partial charge >= 0.3 is 5.76 Å². The summed E-state index contributed by atoms with van der Waals surface area (Å²) >= 11 is 0. The first-order valence-electron chi connectivity index (χ1n) is 9.82. The third-order valence-corrected chi connectivity index (χ3v) is 5.76. The fourth-order valence-corrected chi connectivity index (χ4v) is 4.22. The molecule has 1 aliphatic rings. The van der Waals surface area contributed by atoms with E-state index < -0.39 is 6.04 Å². The predicted molar refractivity (Wildman–Crippen MR) is 108 cm³/mol. The van der Waals surface area contributed by atoms with Crippen LogP contribution in [0.4, 0.5) is 0 Å².